The zero-order valence-corrected chi connectivity index (χ0v) is 14.5. The first kappa shape index (κ1) is 17.8. The van der Waals surface area contributed by atoms with Crippen molar-refractivity contribution in [3.8, 4) is 0 Å². The van der Waals surface area contributed by atoms with Gasteiger partial charge in [-0.2, -0.15) is 0 Å². The Morgan fingerprint density at radius 3 is 2.58 bits per heavy atom. The van der Waals surface area contributed by atoms with Gasteiger partial charge in [-0.15, -0.1) is 0 Å². The first-order valence-electron chi connectivity index (χ1n) is 7.95. The van der Waals surface area contributed by atoms with E-state index in [1.54, 1.807) is 42.5 Å². The molecule has 0 aliphatic heterocycles. The van der Waals surface area contributed by atoms with Crippen LogP contribution in [0.1, 0.15) is 22.5 Å². The number of carbonyl (C=O) groups excluding carboxylic acids is 2. The number of aromatic nitrogens is 2. The number of para-hydroxylation sites is 2. The molecule has 0 spiro atoms. The van der Waals surface area contributed by atoms with Gasteiger partial charge in [0.1, 0.15) is 5.69 Å². The number of benzene rings is 2. The summed E-state index contributed by atoms with van der Waals surface area (Å²) in [7, 11) is 0. The average molecular weight is 371 g/mol. The molecule has 0 saturated heterocycles. The molecule has 0 unspecified atom stereocenters. The molecule has 0 radical (unpaired) electrons. The van der Waals surface area contributed by atoms with Gasteiger partial charge >= 0.3 is 5.97 Å². The predicted octanol–water partition coefficient (Wildman–Crippen LogP) is 2.94. The number of ether oxygens (including phenoxy) is 1. The number of carbonyl (C=O) groups is 2. The molecule has 3 rings (SSSR count). The lowest BCUT2D eigenvalue weighted by Crippen LogP contribution is -2.18. The largest absolute Gasteiger partial charge is 0.457 e. The molecule has 132 valence electrons. The smallest absolute Gasteiger partial charge is 0.306 e. The van der Waals surface area contributed by atoms with Crippen molar-refractivity contribution in [1.82, 2.24) is 9.97 Å². The van der Waals surface area contributed by atoms with E-state index >= 15 is 0 Å². The van der Waals surface area contributed by atoms with Crippen LogP contribution in [-0.4, -0.2) is 28.3 Å². The second kappa shape index (κ2) is 7.93. The molecule has 1 heterocycles. The number of aromatic amines is 1. The van der Waals surface area contributed by atoms with E-state index in [9.17, 15) is 14.4 Å². The van der Waals surface area contributed by atoms with Gasteiger partial charge in [-0.25, -0.2) is 4.98 Å². The van der Waals surface area contributed by atoms with Crippen molar-refractivity contribution in [3.63, 3.8) is 0 Å². The Hall–Kier alpha value is -2.99. The van der Waals surface area contributed by atoms with Gasteiger partial charge in [0.25, 0.3) is 5.56 Å². The monoisotopic (exact) mass is 370 g/mol. The molecule has 7 heteroatoms. The van der Waals surface area contributed by atoms with Crippen LogP contribution in [0.5, 0.6) is 0 Å². The molecule has 1 N–H and O–H groups in total. The first-order valence-corrected chi connectivity index (χ1v) is 8.33. The molecular weight excluding hydrogens is 356 g/mol. The lowest BCUT2D eigenvalue weighted by molar-refractivity contribution is -0.142. The molecule has 0 saturated carbocycles. The molecule has 1 aromatic heterocycles. The maximum Gasteiger partial charge on any atom is 0.306 e. The molecule has 0 aliphatic carbocycles. The fourth-order valence-corrected chi connectivity index (χ4v) is 2.52. The summed E-state index contributed by atoms with van der Waals surface area (Å²) < 4.78 is 4.98. The van der Waals surface area contributed by atoms with Crippen LogP contribution in [0.25, 0.3) is 11.0 Å². The second-order valence-corrected chi connectivity index (χ2v) is 6.06. The summed E-state index contributed by atoms with van der Waals surface area (Å²) in [5, 5.41) is 0.520. The highest BCUT2D eigenvalue weighted by molar-refractivity contribution is 6.30. The van der Waals surface area contributed by atoms with Gasteiger partial charge in [-0.3, -0.25) is 14.4 Å². The standard InChI is InChI=1S/C19H15ClN2O4/c20-13-7-5-12(6-8-13)17(23)11-26-18(24)10-9-16-19(25)22-15-4-2-1-3-14(15)21-16/h1-8H,9-11H2,(H,22,25). The highest BCUT2D eigenvalue weighted by atomic mass is 35.5. The van der Waals surface area contributed by atoms with E-state index in [0.717, 1.165) is 0 Å². The van der Waals surface area contributed by atoms with Crippen molar-refractivity contribution < 1.29 is 14.3 Å². The van der Waals surface area contributed by atoms with E-state index in [4.69, 9.17) is 16.3 Å². The summed E-state index contributed by atoms with van der Waals surface area (Å²) in [6.45, 7) is -0.359. The van der Waals surface area contributed by atoms with Crippen LogP contribution in [0.2, 0.25) is 5.02 Å². The number of ketones is 1. The second-order valence-electron chi connectivity index (χ2n) is 5.62. The fraction of sp³-hybridized carbons (Fsp3) is 0.158. The maximum absolute atomic E-state index is 12.0. The van der Waals surface area contributed by atoms with Crippen molar-refractivity contribution in [2.24, 2.45) is 0 Å². The van der Waals surface area contributed by atoms with Gasteiger partial charge in [-0.1, -0.05) is 23.7 Å². The van der Waals surface area contributed by atoms with Crippen LogP contribution < -0.4 is 5.56 Å². The number of nitrogens with zero attached hydrogens (tertiary/aromatic N) is 1. The molecule has 0 bridgehead atoms. The minimum absolute atomic E-state index is 0.0394. The highest BCUT2D eigenvalue weighted by Crippen LogP contribution is 2.10. The number of halogens is 1. The van der Waals surface area contributed by atoms with Crippen LogP contribution in [0, 0.1) is 0 Å². The van der Waals surface area contributed by atoms with E-state index in [1.165, 1.54) is 0 Å². The number of esters is 1. The SMILES string of the molecule is O=C(CCc1nc2ccccc2[nH]c1=O)OCC(=O)c1ccc(Cl)cc1. The Bertz CT molecular complexity index is 1010. The van der Waals surface area contributed by atoms with Crippen LogP contribution in [0.15, 0.2) is 53.3 Å². The third-order valence-corrected chi connectivity index (χ3v) is 4.02. The summed E-state index contributed by atoms with van der Waals surface area (Å²) in [6, 6.07) is 13.5. The number of H-pyrrole nitrogens is 1. The molecule has 3 aromatic rings. The third-order valence-electron chi connectivity index (χ3n) is 3.77. The van der Waals surface area contributed by atoms with Crippen LogP contribution in [0.4, 0.5) is 0 Å². The quantitative estimate of drug-likeness (QED) is 0.532. The van der Waals surface area contributed by atoms with Crippen LogP contribution in [0.3, 0.4) is 0 Å². The molecule has 0 aliphatic rings. The summed E-state index contributed by atoms with van der Waals surface area (Å²) in [5.41, 5.74) is 1.61. The van der Waals surface area contributed by atoms with Crippen molar-refractivity contribution in [2.45, 2.75) is 12.8 Å². The molecular formula is C19H15ClN2O4. The average Bonchev–Trinajstić information content (AvgIpc) is 2.65. The molecule has 0 atom stereocenters. The summed E-state index contributed by atoms with van der Waals surface area (Å²) in [5.74, 6) is -0.890. The number of Topliss-reactive ketones (excluding diaryl/α,β-unsaturated/α-hetero) is 1. The number of rotatable bonds is 6. The lowest BCUT2D eigenvalue weighted by Gasteiger charge is -2.05. The maximum atomic E-state index is 12.0. The third kappa shape index (κ3) is 4.34. The van der Waals surface area contributed by atoms with E-state index in [-0.39, 0.29) is 36.5 Å². The highest BCUT2D eigenvalue weighted by Gasteiger charge is 2.12. The fourth-order valence-electron chi connectivity index (χ4n) is 2.39. The van der Waals surface area contributed by atoms with Gasteiger partial charge in [-0.05, 0) is 36.4 Å². The Balaban J connectivity index is 1.56. The topological polar surface area (TPSA) is 89.1 Å². The minimum atomic E-state index is -0.568. The lowest BCUT2D eigenvalue weighted by atomic mass is 10.1. The van der Waals surface area contributed by atoms with Crippen molar-refractivity contribution in [1.29, 1.82) is 0 Å². The molecule has 6 nitrogen and oxygen atoms in total. The zero-order chi connectivity index (χ0) is 18.5. The number of nitrogens with one attached hydrogen (secondary N) is 1. The molecule has 0 amide bonds. The molecule has 26 heavy (non-hydrogen) atoms. The number of hydrogen-bond acceptors (Lipinski definition) is 5. The van der Waals surface area contributed by atoms with Crippen molar-refractivity contribution >= 4 is 34.4 Å². The van der Waals surface area contributed by atoms with Crippen LogP contribution in [-0.2, 0) is 16.0 Å². The van der Waals surface area contributed by atoms with E-state index < -0.39 is 5.97 Å². The minimum Gasteiger partial charge on any atom is -0.457 e. The van der Waals surface area contributed by atoms with Gasteiger partial charge in [0.2, 0.25) is 0 Å². The van der Waals surface area contributed by atoms with Gasteiger partial charge in [0.05, 0.1) is 17.5 Å². The predicted molar refractivity (Wildman–Crippen MR) is 97.4 cm³/mol. The Kier molecular flexibility index (Phi) is 5.43. The molecule has 0 fully saturated rings. The van der Waals surface area contributed by atoms with E-state index in [1.807, 2.05) is 6.07 Å². The summed E-state index contributed by atoms with van der Waals surface area (Å²) in [6.07, 6.45) is 0.0937. The Morgan fingerprint density at radius 1 is 1.08 bits per heavy atom. The summed E-state index contributed by atoms with van der Waals surface area (Å²) >= 11 is 5.76. The number of aryl methyl sites for hydroxylation is 1. The van der Waals surface area contributed by atoms with E-state index in [2.05, 4.69) is 9.97 Å². The van der Waals surface area contributed by atoms with Crippen molar-refractivity contribution in [3.05, 3.63) is 75.2 Å². The Morgan fingerprint density at radius 2 is 1.81 bits per heavy atom. The number of hydrogen-bond donors (Lipinski definition) is 1. The first-order chi connectivity index (χ1) is 12.5. The van der Waals surface area contributed by atoms with E-state index in [0.29, 0.717) is 21.6 Å². The van der Waals surface area contributed by atoms with Gasteiger partial charge in [0.15, 0.2) is 12.4 Å². The van der Waals surface area contributed by atoms with Gasteiger partial charge < -0.3 is 9.72 Å². The van der Waals surface area contributed by atoms with Gasteiger partial charge in [0, 0.05) is 17.0 Å². The Labute approximate surface area is 153 Å². The summed E-state index contributed by atoms with van der Waals surface area (Å²) in [4.78, 5) is 42.8. The van der Waals surface area contributed by atoms with Crippen molar-refractivity contribution in [2.75, 3.05) is 6.61 Å². The molecule has 2 aromatic carbocycles. The zero-order valence-electron chi connectivity index (χ0n) is 13.7. The van der Waals surface area contributed by atoms with Crippen LogP contribution >= 0.6 is 11.6 Å². The normalized spacial score (nSPS) is 10.7. The number of fused-ring (bicyclic) bond motifs is 1.